The van der Waals surface area contributed by atoms with Crippen molar-refractivity contribution in [3.05, 3.63) is 0 Å². The normalized spacial score (nSPS) is 48.8. The van der Waals surface area contributed by atoms with E-state index in [2.05, 4.69) is 0 Å². The fourth-order valence-corrected chi connectivity index (χ4v) is 1.73. The Kier molecular flexibility index (Phi) is 4.16. The molecule has 4 nitrogen and oxygen atoms in total. The van der Waals surface area contributed by atoms with Gasteiger partial charge in [0.05, 0.1) is 10.8 Å². The second-order valence-electron chi connectivity index (χ2n) is 4.54. The van der Waals surface area contributed by atoms with E-state index < -0.39 is 34.5 Å². The van der Waals surface area contributed by atoms with Crippen LogP contribution in [0.5, 0.6) is 0 Å². The Morgan fingerprint density at radius 3 is 1.38 bits per heavy atom. The number of hydrogen-bond acceptors (Lipinski definition) is 4. The zero-order chi connectivity index (χ0) is 12.7. The minimum absolute atomic E-state index is 0.521. The molecule has 0 aliphatic carbocycles. The highest BCUT2D eigenvalue weighted by Crippen LogP contribution is 2.40. The van der Waals surface area contributed by atoms with Gasteiger partial charge in [-0.15, -0.1) is 23.2 Å². The molecule has 96 valence electrons. The first-order valence-corrected chi connectivity index (χ1v) is 6.01. The van der Waals surface area contributed by atoms with Crippen LogP contribution in [0.3, 0.4) is 0 Å². The van der Waals surface area contributed by atoms with Crippen LogP contribution in [0.15, 0.2) is 0 Å². The van der Waals surface area contributed by atoms with Crippen molar-refractivity contribution in [2.24, 2.45) is 0 Å². The number of ether oxygens (including phenoxy) is 2. The van der Waals surface area contributed by atoms with E-state index in [-0.39, 0.29) is 0 Å². The van der Waals surface area contributed by atoms with E-state index in [1.165, 1.54) is 0 Å². The summed E-state index contributed by atoms with van der Waals surface area (Å²) in [7, 11) is 0. The lowest BCUT2D eigenvalue weighted by molar-refractivity contribution is -0.394. The highest BCUT2D eigenvalue weighted by Gasteiger charge is 2.55. The molecule has 0 bridgehead atoms. The number of halogens is 2. The van der Waals surface area contributed by atoms with Crippen molar-refractivity contribution in [2.75, 3.05) is 0 Å². The Balaban J connectivity index is 2.94. The van der Waals surface area contributed by atoms with Crippen molar-refractivity contribution in [1.29, 1.82) is 0 Å². The van der Waals surface area contributed by atoms with Crippen LogP contribution in [0.25, 0.3) is 0 Å². The van der Waals surface area contributed by atoms with Crippen molar-refractivity contribution in [2.45, 2.75) is 62.2 Å². The van der Waals surface area contributed by atoms with Crippen molar-refractivity contribution in [1.82, 2.24) is 0 Å². The quantitative estimate of drug-likeness (QED) is 0.747. The molecule has 1 rings (SSSR count). The predicted molar refractivity (Wildman–Crippen MR) is 61.6 cm³/mol. The van der Waals surface area contributed by atoms with Crippen molar-refractivity contribution >= 4 is 23.2 Å². The first-order chi connectivity index (χ1) is 7.14. The second-order valence-corrected chi connectivity index (χ2v) is 5.85. The Labute approximate surface area is 105 Å². The lowest BCUT2D eigenvalue weighted by atomic mass is 9.94. The second kappa shape index (κ2) is 4.59. The van der Waals surface area contributed by atoms with Crippen LogP contribution in [0.2, 0.25) is 0 Å². The third-order valence-electron chi connectivity index (χ3n) is 3.29. The molecular weight excluding hydrogens is 255 g/mol. The largest absolute Gasteiger partial charge is 0.366 e. The molecule has 0 amide bonds. The lowest BCUT2D eigenvalue weighted by Gasteiger charge is -2.51. The van der Waals surface area contributed by atoms with Gasteiger partial charge in [0.2, 0.25) is 0 Å². The first-order valence-electron chi connectivity index (χ1n) is 5.14. The molecule has 1 fully saturated rings. The molecule has 0 spiro atoms. The summed E-state index contributed by atoms with van der Waals surface area (Å²) in [4.78, 5) is 0. The van der Waals surface area contributed by atoms with Crippen molar-refractivity contribution in [3.8, 4) is 0 Å². The highest BCUT2D eigenvalue weighted by molar-refractivity contribution is 6.21. The zero-order valence-corrected chi connectivity index (χ0v) is 11.3. The van der Waals surface area contributed by atoms with E-state index in [0.717, 1.165) is 0 Å². The van der Waals surface area contributed by atoms with Gasteiger partial charge in [-0.25, -0.2) is 0 Å². The van der Waals surface area contributed by atoms with Gasteiger partial charge in [-0.2, -0.15) is 0 Å². The van der Waals surface area contributed by atoms with Gasteiger partial charge in [-0.05, 0) is 27.7 Å². The van der Waals surface area contributed by atoms with Gasteiger partial charge >= 0.3 is 0 Å². The molecular formula is C10H18Cl2O4. The molecule has 0 aromatic rings. The van der Waals surface area contributed by atoms with Gasteiger partial charge in [0, 0.05) is 0 Å². The fourth-order valence-electron chi connectivity index (χ4n) is 1.41. The monoisotopic (exact) mass is 272 g/mol. The van der Waals surface area contributed by atoms with Crippen LogP contribution in [0, 0.1) is 0 Å². The summed E-state index contributed by atoms with van der Waals surface area (Å²) >= 11 is 11.8. The Morgan fingerprint density at radius 2 is 1.19 bits per heavy atom. The summed E-state index contributed by atoms with van der Waals surface area (Å²) in [6.07, 6.45) is -2.48. The molecule has 0 aromatic heterocycles. The van der Waals surface area contributed by atoms with E-state index in [0.29, 0.717) is 0 Å². The topological polar surface area (TPSA) is 58.9 Å². The zero-order valence-electron chi connectivity index (χ0n) is 9.78. The van der Waals surface area contributed by atoms with Crippen LogP contribution in [-0.2, 0) is 9.47 Å². The van der Waals surface area contributed by atoms with E-state index in [1.807, 2.05) is 0 Å². The third-order valence-corrected chi connectivity index (χ3v) is 4.16. The molecule has 1 aliphatic heterocycles. The molecule has 1 saturated heterocycles. The van der Waals surface area contributed by atoms with Crippen LogP contribution in [-0.4, -0.2) is 44.7 Å². The molecule has 1 heterocycles. The molecule has 2 N–H and O–H groups in total. The molecule has 6 atom stereocenters. The third kappa shape index (κ3) is 2.19. The van der Waals surface area contributed by atoms with Crippen LogP contribution < -0.4 is 0 Å². The highest BCUT2D eigenvalue weighted by atomic mass is 35.5. The summed E-state index contributed by atoms with van der Waals surface area (Å²) < 4.78 is 10.8. The summed E-state index contributed by atoms with van der Waals surface area (Å²) in [6, 6.07) is 0. The van der Waals surface area contributed by atoms with Gasteiger partial charge in [-0.1, -0.05) is 0 Å². The average Bonchev–Trinajstić information content (AvgIpc) is 2.14. The SMILES string of the molecule is CC(Cl)C1(C)OC(O)C(C)(C(C)Cl)OC1O. The maximum atomic E-state index is 9.90. The van der Waals surface area contributed by atoms with Gasteiger partial charge in [-0.3, -0.25) is 0 Å². The summed E-state index contributed by atoms with van der Waals surface area (Å²) in [5.41, 5.74) is -2.32. The Hall–Kier alpha value is 0.420. The molecule has 16 heavy (non-hydrogen) atoms. The van der Waals surface area contributed by atoms with E-state index >= 15 is 0 Å². The molecule has 6 unspecified atom stereocenters. The molecule has 0 aromatic carbocycles. The van der Waals surface area contributed by atoms with Gasteiger partial charge in [0.1, 0.15) is 11.2 Å². The minimum Gasteiger partial charge on any atom is -0.366 e. The maximum absolute atomic E-state index is 9.90. The van der Waals surface area contributed by atoms with E-state index in [1.54, 1.807) is 27.7 Å². The Morgan fingerprint density at radius 1 is 0.938 bits per heavy atom. The van der Waals surface area contributed by atoms with E-state index in [4.69, 9.17) is 32.7 Å². The van der Waals surface area contributed by atoms with Crippen LogP contribution in [0.4, 0.5) is 0 Å². The van der Waals surface area contributed by atoms with Crippen LogP contribution >= 0.6 is 23.2 Å². The van der Waals surface area contributed by atoms with Gasteiger partial charge < -0.3 is 19.7 Å². The number of aliphatic hydroxyl groups excluding tert-OH is 2. The number of rotatable bonds is 2. The maximum Gasteiger partial charge on any atom is 0.186 e. The number of hydrogen-bond donors (Lipinski definition) is 2. The first kappa shape index (κ1) is 14.5. The van der Waals surface area contributed by atoms with E-state index in [9.17, 15) is 10.2 Å². The average molecular weight is 273 g/mol. The number of aliphatic hydroxyl groups is 2. The standard InChI is InChI=1S/C10H18Cl2O4/c1-5(11)9(3)7(13)16-10(4,6(2)12)8(14)15-9/h5-8,13-14H,1-4H3. The van der Waals surface area contributed by atoms with Crippen LogP contribution in [0.1, 0.15) is 27.7 Å². The molecule has 0 radical (unpaired) electrons. The predicted octanol–water partition coefficient (Wildman–Crippen LogP) is 1.44. The molecule has 0 saturated carbocycles. The number of alkyl halides is 2. The Bertz CT molecular complexity index is 235. The fraction of sp³-hybridized carbons (Fsp3) is 1.00. The summed E-state index contributed by atoms with van der Waals surface area (Å²) in [5, 5.41) is 18.8. The summed E-state index contributed by atoms with van der Waals surface area (Å²) in [5.74, 6) is 0. The van der Waals surface area contributed by atoms with Gasteiger partial charge in [0.25, 0.3) is 0 Å². The smallest absolute Gasteiger partial charge is 0.186 e. The van der Waals surface area contributed by atoms with Crippen molar-refractivity contribution < 1.29 is 19.7 Å². The van der Waals surface area contributed by atoms with Gasteiger partial charge in [0.15, 0.2) is 12.6 Å². The minimum atomic E-state index is -1.24. The molecule has 1 aliphatic rings. The molecule has 6 heteroatoms. The summed E-state index contributed by atoms with van der Waals surface area (Å²) in [6.45, 7) is 6.48. The lowest BCUT2D eigenvalue weighted by Crippen LogP contribution is -2.66. The van der Waals surface area contributed by atoms with Crippen molar-refractivity contribution in [3.63, 3.8) is 0 Å².